The van der Waals surface area contributed by atoms with Crippen molar-refractivity contribution >= 4 is 55.7 Å². The van der Waals surface area contributed by atoms with Crippen LogP contribution < -0.4 is 5.73 Å². The highest BCUT2D eigenvalue weighted by atomic mass is 35.5. The van der Waals surface area contributed by atoms with E-state index in [2.05, 4.69) is 15.1 Å². The van der Waals surface area contributed by atoms with Crippen molar-refractivity contribution in [3.05, 3.63) is 77.3 Å². The standard InChI is InChI=1S/C23H16ClN5O4S/c24-14-4-3-5-15(11-14)34(32,33)21-20-23(28-17-7-2-1-6-16(17)27-20)29(22(21)25)26-12-13-8-9-18(30)19(31)10-13/h1-12,30-31H,25H2/b26-12-. The number of aromatic nitrogens is 3. The fraction of sp³-hybridized carbons (Fsp3) is 0. The molecule has 5 aromatic rings. The lowest BCUT2D eigenvalue weighted by Crippen LogP contribution is -2.06. The van der Waals surface area contributed by atoms with E-state index in [1.807, 2.05) is 0 Å². The SMILES string of the molecule is Nc1c(S(=O)(=O)c2cccc(Cl)c2)c2nc3ccccc3nc2n1/N=C\c1ccc(O)c(O)c1. The molecule has 0 aliphatic rings. The predicted molar refractivity (Wildman–Crippen MR) is 129 cm³/mol. The molecule has 9 nitrogen and oxygen atoms in total. The number of anilines is 1. The quantitative estimate of drug-likeness (QED) is 0.254. The molecule has 0 aliphatic carbocycles. The Labute approximate surface area is 198 Å². The Kier molecular flexibility index (Phi) is 5.11. The van der Waals surface area contributed by atoms with Crippen LogP contribution in [-0.4, -0.2) is 39.5 Å². The fourth-order valence-electron chi connectivity index (χ4n) is 3.50. The number of phenols is 2. The Balaban J connectivity index is 1.79. The molecule has 0 unspecified atom stereocenters. The van der Waals surface area contributed by atoms with Crippen molar-refractivity contribution in [2.75, 3.05) is 5.73 Å². The highest BCUT2D eigenvalue weighted by Gasteiger charge is 2.30. The van der Waals surface area contributed by atoms with Gasteiger partial charge in [-0.15, -0.1) is 0 Å². The molecule has 2 aromatic heterocycles. The fourth-order valence-corrected chi connectivity index (χ4v) is 5.29. The molecule has 5 rings (SSSR count). The molecule has 4 N–H and O–H groups in total. The summed E-state index contributed by atoms with van der Waals surface area (Å²) in [6.07, 6.45) is 1.35. The molecule has 3 aromatic carbocycles. The van der Waals surface area contributed by atoms with Crippen molar-refractivity contribution in [3.63, 3.8) is 0 Å². The summed E-state index contributed by atoms with van der Waals surface area (Å²) in [7, 11) is -4.14. The molecule has 0 amide bonds. The zero-order chi connectivity index (χ0) is 24.0. The molecule has 0 atom stereocenters. The Morgan fingerprint density at radius 1 is 0.941 bits per heavy atom. The van der Waals surface area contributed by atoms with Crippen LogP contribution in [0, 0.1) is 0 Å². The summed E-state index contributed by atoms with van der Waals surface area (Å²) < 4.78 is 28.4. The number of rotatable bonds is 4. The lowest BCUT2D eigenvalue weighted by Gasteiger charge is -2.05. The van der Waals surface area contributed by atoms with Crippen molar-refractivity contribution in [1.82, 2.24) is 14.6 Å². The Morgan fingerprint density at radius 3 is 2.38 bits per heavy atom. The van der Waals surface area contributed by atoms with Crippen LogP contribution in [0.25, 0.3) is 22.2 Å². The van der Waals surface area contributed by atoms with E-state index in [9.17, 15) is 18.6 Å². The Bertz CT molecular complexity index is 1730. The van der Waals surface area contributed by atoms with Crippen molar-refractivity contribution in [2.45, 2.75) is 9.79 Å². The number of para-hydroxylation sites is 2. The summed E-state index contributed by atoms with van der Waals surface area (Å²) in [6, 6.07) is 17.0. The number of sulfone groups is 1. The highest BCUT2D eigenvalue weighted by molar-refractivity contribution is 7.92. The maximum absolute atomic E-state index is 13.6. The monoisotopic (exact) mass is 493 g/mol. The minimum atomic E-state index is -4.14. The molecular weight excluding hydrogens is 478 g/mol. The molecule has 170 valence electrons. The molecule has 0 fully saturated rings. The number of hydrogen-bond acceptors (Lipinski definition) is 8. The normalized spacial score (nSPS) is 12.1. The van der Waals surface area contributed by atoms with Gasteiger partial charge in [-0.1, -0.05) is 29.8 Å². The largest absolute Gasteiger partial charge is 0.504 e. The third-order valence-electron chi connectivity index (χ3n) is 5.13. The van der Waals surface area contributed by atoms with Crippen molar-refractivity contribution in [3.8, 4) is 11.5 Å². The van der Waals surface area contributed by atoms with E-state index in [-0.39, 0.29) is 43.3 Å². The molecule has 0 aliphatic heterocycles. The number of nitrogens with two attached hydrogens (primary N) is 1. The second-order valence-corrected chi connectivity index (χ2v) is 9.69. The van der Waals surface area contributed by atoms with Crippen LogP contribution in [0.4, 0.5) is 5.82 Å². The van der Waals surface area contributed by atoms with Gasteiger partial charge in [-0.2, -0.15) is 9.78 Å². The van der Waals surface area contributed by atoms with Crippen molar-refractivity contribution in [1.29, 1.82) is 0 Å². The van der Waals surface area contributed by atoms with Crippen molar-refractivity contribution in [2.24, 2.45) is 5.10 Å². The summed E-state index contributed by atoms with van der Waals surface area (Å²) in [5.74, 6) is -0.802. The molecule has 0 saturated carbocycles. The smallest absolute Gasteiger partial charge is 0.212 e. The zero-order valence-electron chi connectivity index (χ0n) is 17.3. The third kappa shape index (κ3) is 3.58. The van der Waals surface area contributed by atoms with Gasteiger partial charge in [-0.25, -0.2) is 18.4 Å². The molecule has 11 heteroatoms. The third-order valence-corrected chi connectivity index (χ3v) is 7.18. The maximum atomic E-state index is 13.6. The van der Waals surface area contributed by atoms with Crippen LogP contribution in [0.2, 0.25) is 5.02 Å². The molecule has 0 radical (unpaired) electrons. The molecule has 0 spiro atoms. The van der Waals surface area contributed by atoms with E-state index in [1.54, 1.807) is 30.3 Å². The molecule has 0 bridgehead atoms. The van der Waals surface area contributed by atoms with Gasteiger partial charge in [-0.3, -0.25) is 0 Å². The van der Waals surface area contributed by atoms with Gasteiger partial charge < -0.3 is 15.9 Å². The summed E-state index contributed by atoms with van der Waals surface area (Å²) in [5, 5.41) is 23.8. The Morgan fingerprint density at radius 2 is 1.68 bits per heavy atom. The van der Waals surface area contributed by atoms with Crippen LogP contribution >= 0.6 is 11.6 Å². The highest BCUT2D eigenvalue weighted by Crippen LogP contribution is 2.36. The van der Waals surface area contributed by atoms with Gasteiger partial charge in [0.25, 0.3) is 0 Å². The van der Waals surface area contributed by atoms with Gasteiger partial charge in [0, 0.05) is 5.02 Å². The van der Waals surface area contributed by atoms with Gasteiger partial charge in [0.05, 0.1) is 22.1 Å². The number of halogens is 1. The molecular formula is C23H16ClN5O4S. The lowest BCUT2D eigenvalue weighted by molar-refractivity contribution is 0.403. The number of fused-ring (bicyclic) bond motifs is 2. The lowest BCUT2D eigenvalue weighted by atomic mass is 10.2. The summed E-state index contributed by atoms with van der Waals surface area (Å²) in [4.78, 5) is 8.80. The number of aromatic hydroxyl groups is 2. The first-order valence-electron chi connectivity index (χ1n) is 9.89. The van der Waals surface area contributed by atoms with E-state index in [4.69, 9.17) is 17.3 Å². The molecule has 2 heterocycles. The van der Waals surface area contributed by atoms with Crippen LogP contribution in [0.3, 0.4) is 0 Å². The predicted octanol–water partition coefficient (Wildman–Crippen LogP) is 3.95. The number of nitrogen functional groups attached to an aromatic ring is 1. The second-order valence-electron chi connectivity index (χ2n) is 7.36. The van der Waals surface area contributed by atoms with Gasteiger partial charge in [0.2, 0.25) is 9.84 Å². The molecule has 34 heavy (non-hydrogen) atoms. The topological polar surface area (TPSA) is 144 Å². The zero-order valence-corrected chi connectivity index (χ0v) is 18.9. The number of benzene rings is 3. The summed E-state index contributed by atoms with van der Waals surface area (Å²) >= 11 is 6.03. The van der Waals surface area contributed by atoms with Crippen LogP contribution in [-0.2, 0) is 9.84 Å². The van der Waals surface area contributed by atoms with Gasteiger partial charge in [0.1, 0.15) is 16.2 Å². The Hall–Kier alpha value is -4.15. The van der Waals surface area contributed by atoms with E-state index < -0.39 is 9.84 Å². The van der Waals surface area contributed by atoms with Crippen molar-refractivity contribution < 1.29 is 18.6 Å². The number of hydrogen-bond donors (Lipinski definition) is 3. The van der Waals surface area contributed by atoms with Crippen LogP contribution in [0.5, 0.6) is 11.5 Å². The number of nitrogens with zero attached hydrogens (tertiary/aromatic N) is 4. The van der Waals surface area contributed by atoms with E-state index in [0.29, 0.717) is 16.6 Å². The van der Waals surface area contributed by atoms with E-state index >= 15 is 0 Å². The van der Waals surface area contributed by atoms with Gasteiger partial charge in [0.15, 0.2) is 17.1 Å². The summed E-state index contributed by atoms with van der Waals surface area (Å²) in [5.41, 5.74) is 7.97. The molecule has 0 saturated heterocycles. The summed E-state index contributed by atoms with van der Waals surface area (Å²) in [6.45, 7) is 0. The first-order valence-corrected chi connectivity index (χ1v) is 11.8. The van der Waals surface area contributed by atoms with Crippen LogP contribution in [0.1, 0.15) is 5.56 Å². The van der Waals surface area contributed by atoms with E-state index in [1.165, 1.54) is 47.3 Å². The van der Waals surface area contributed by atoms with Crippen LogP contribution in [0.15, 0.2) is 81.6 Å². The second kappa shape index (κ2) is 8.01. The van der Waals surface area contributed by atoms with E-state index in [0.717, 1.165) is 0 Å². The maximum Gasteiger partial charge on any atom is 0.212 e. The van der Waals surface area contributed by atoms with Gasteiger partial charge in [-0.05, 0) is 54.1 Å². The minimum Gasteiger partial charge on any atom is -0.504 e. The minimum absolute atomic E-state index is 0.0480. The average molecular weight is 494 g/mol. The number of phenolic OH excluding ortho intramolecular Hbond substituents is 2. The van der Waals surface area contributed by atoms with Gasteiger partial charge >= 0.3 is 0 Å². The first-order chi connectivity index (χ1) is 16.3. The first kappa shape index (κ1) is 21.7. The average Bonchev–Trinajstić information content (AvgIpc) is 3.09.